The van der Waals surface area contributed by atoms with Gasteiger partial charge in [0.25, 0.3) is 11.5 Å². The summed E-state index contributed by atoms with van der Waals surface area (Å²) in [4.78, 5) is 25.1. The molecule has 6 heteroatoms. The van der Waals surface area contributed by atoms with E-state index in [4.69, 9.17) is 4.74 Å². The van der Waals surface area contributed by atoms with Crippen molar-refractivity contribution in [1.29, 1.82) is 0 Å². The summed E-state index contributed by atoms with van der Waals surface area (Å²) in [7, 11) is 1.63. The predicted molar refractivity (Wildman–Crippen MR) is 110 cm³/mol. The first-order valence-electron chi connectivity index (χ1n) is 9.71. The second kappa shape index (κ2) is 8.31. The number of benzene rings is 2. The van der Waals surface area contributed by atoms with Gasteiger partial charge in [-0.3, -0.25) is 9.59 Å². The van der Waals surface area contributed by atoms with E-state index in [1.54, 1.807) is 7.11 Å². The van der Waals surface area contributed by atoms with E-state index in [9.17, 15) is 9.59 Å². The maximum absolute atomic E-state index is 12.9. The number of carbonyl (C=O) groups excluding carboxylic acids is 1. The average molecular weight is 389 g/mol. The van der Waals surface area contributed by atoms with Crippen LogP contribution < -0.4 is 15.6 Å². The third-order valence-corrected chi connectivity index (χ3v) is 5.13. The Morgan fingerprint density at radius 1 is 1.10 bits per heavy atom. The molecule has 2 aromatic carbocycles. The molecule has 0 saturated heterocycles. The van der Waals surface area contributed by atoms with Crippen molar-refractivity contribution in [3.8, 4) is 5.75 Å². The molecular formula is C23H23N3O3. The number of nitrogens with one attached hydrogen (secondary N) is 1. The van der Waals surface area contributed by atoms with Crippen LogP contribution in [0.2, 0.25) is 0 Å². The molecule has 6 nitrogen and oxygen atoms in total. The molecule has 0 spiro atoms. The van der Waals surface area contributed by atoms with Crippen molar-refractivity contribution in [2.75, 3.05) is 7.11 Å². The van der Waals surface area contributed by atoms with Crippen LogP contribution in [0.5, 0.6) is 5.75 Å². The molecule has 0 aliphatic heterocycles. The lowest BCUT2D eigenvalue weighted by molar-refractivity contribution is 0.0924. The number of hydrogen-bond donors (Lipinski definition) is 1. The molecule has 1 amide bonds. The molecule has 1 aliphatic rings. The van der Waals surface area contributed by atoms with Gasteiger partial charge in [0.15, 0.2) is 0 Å². The van der Waals surface area contributed by atoms with Gasteiger partial charge in [0, 0.05) is 6.07 Å². The SMILES string of the molecule is COc1ccc(C(NC(=O)c2ccc(=O)n(Cc3ccccc3)n2)C2CC2)cc1. The Morgan fingerprint density at radius 3 is 2.48 bits per heavy atom. The molecule has 148 valence electrons. The van der Waals surface area contributed by atoms with E-state index in [2.05, 4.69) is 10.4 Å². The Labute approximate surface area is 169 Å². The first-order chi connectivity index (χ1) is 14.1. The maximum Gasteiger partial charge on any atom is 0.272 e. The van der Waals surface area contributed by atoms with Crippen LogP contribution in [-0.2, 0) is 6.54 Å². The summed E-state index contributed by atoms with van der Waals surface area (Å²) in [5.41, 5.74) is 1.99. The summed E-state index contributed by atoms with van der Waals surface area (Å²) < 4.78 is 6.54. The topological polar surface area (TPSA) is 73.2 Å². The predicted octanol–water partition coefficient (Wildman–Crippen LogP) is 3.18. The minimum Gasteiger partial charge on any atom is -0.497 e. The Morgan fingerprint density at radius 2 is 1.83 bits per heavy atom. The van der Waals surface area contributed by atoms with Crippen LogP contribution in [0.1, 0.15) is 40.5 Å². The van der Waals surface area contributed by atoms with Gasteiger partial charge in [-0.05, 0) is 48.1 Å². The number of amides is 1. The highest BCUT2D eigenvalue weighted by Crippen LogP contribution is 2.41. The summed E-state index contributed by atoms with van der Waals surface area (Å²) in [6, 6.07) is 20.1. The van der Waals surface area contributed by atoms with Crippen LogP contribution in [0.15, 0.2) is 71.5 Å². The van der Waals surface area contributed by atoms with E-state index in [0.29, 0.717) is 12.5 Å². The Kier molecular flexibility index (Phi) is 5.42. The lowest BCUT2D eigenvalue weighted by Gasteiger charge is -2.19. The fourth-order valence-electron chi connectivity index (χ4n) is 3.37. The van der Waals surface area contributed by atoms with E-state index in [1.165, 1.54) is 16.8 Å². The molecule has 1 unspecified atom stereocenters. The maximum atomic E-state index is 12.9. The average Bonchev–Trinajstić information content (AvgIpc) is 3.59. The van der Waals surface area contributed by atoms with Gasteiger partial charge in [0.05, 0.1) is 19.7 Å². The Bertz CT molecular complexity index is 1040. The van der Waals surface area contributed by atoms with E-state index in [1.807, 2.05) is 54.6 Å². The number of hydrogen-bond acceptors (Lipinski definition) is 4. The van der Waals surface area contributed by atoms with E-state index >= 15 is 0 Å². The van der Waals surface area contributed by atoms with Gasteiger partial charge in [-0.2, -0.15) is 5.10 Å². The lowest BCUT2D eigenvalue weighted by atomic mass is 10.0. The molecule has 1 saturated carbocycles. The molecule has 4 rings (SSSR count). The van der Waals surface area contributed by atoms with Crippen molar-refractivity contribution >= 4 is 5.91 Å². The van der Waals surface area contributed by atoms with E-state index in [-0.39, 0.29) is 23.2 Å². The second-order valence-corrected chi connectivity index (χ2v) is 7.26. The molecule has 0 radical (unpaired) electrons. The molecule has 29 heavy (non-hydrogen) atoms. The summed E-state index contributed by atoms with van der Waals surface area (Å²) in [6.45, 7) is 0.325. The van der Waals surface area contributed by atoms with Crippen molar-refractivity contribution < 1.29 is 9.53 Å². The zero-order chi connectivity index (χ0) is 20.2. The van der Waals surface area contributed by atoms with Gasteiger partial charge in [-0.1, -0.05) is 42.5 Å². The highest BCUT2D eigenvalue weighted by atomic mass is 16.5. The van der Waals surface area contributed by atoms with Crippen LogP contribution in [-0.4, -0.2) is 22.8 Å². The van der Waals surface area contributed by atoms with Crippen molar-refractivity contribution in [2.45, 2.75) is 25.4 Å². The van der Waals surface area contributed by atoms with E-state index < -0.39 is 0 Å². The van der Waals surface area contributed by atoms with E-state index in [0.717, 1.165) is 29.7 Å². The fourth-order valence-corrected chi connectivity index (χ4v) is 3.37. The number of nitrogens with zero attached hydrogens (tertiary/aromatic N) is 2. The molecule has 0 bridgehead atoms. The second-order valence-electron chi connectivity index (χ2n) is 7.26. The van der Waals surface area contributed by atoms with Gasteiger partial charge in [-0.25, -0.2) is 4.68 Å². The number of methoxy groups -OCH3 is 1. The Balaban J connectivity index is 1.53. The zero-order valence-electron chi connectivity index (χ0n) is 16.2. The fraction of sp³-hybridized carbons (Fsp3) is 0.261. The number of rotatable bonds is 7. The normalized spacial score (nSPS) is 14.2. The highest BCUT2D eigenvalue weighted by molar-refractivity contribution is 5.92. The monoisotopic (exact) mass is 389 g/mol. The molecule has 1 heterocycles. The van der Waals surface area contributed by atoms with Gasteiger partial charge < -0.3 is 10.1 Å². The zero-order valence-corrected chi connectivity index (χ0v) is 16.2. The van der Waals surface area contributed by atoms with Crippen LogP contribution in [0.25, 0.3) is 0 Å². The first-order valence-corrected chi connectivity index (χ1v) is 9.71. The number of carbonyl (C=O) groups is 1. The molecule has 1 atom stereocenters. The molecule has 1 aliphatic carbocycles. The van der Waals surface area contributed by atoms with Crippen LogP contribution in [0.4, 0.5) is 0 Å². The van der Waals surface area contributed by atoms with Crippen molar-refractivity contribution in [2.24, 2.45) is 5.92 Å². The first kappa shape index (κ1) is 18.9. The molecule has 1 fully saturated rings. The third kappa shape index (κ3) is 4.54. The lowest BCUT2D eigenvalue weighted by Crippen LogP contribution is -2.33. The van der Waals surface area contributed by atoms with Crippen molar-refractivity contribution in [1.82, 2.24) is 15.1 Å². The van der Waals surface area contributed by atoms with Gasteiger partial charge in [0.2, 0.25) is 0 Å². The van der Waals surface area contributed by atoms with Crippen LogP contribution >= 0.6 is 0 Å². The van der Waals surface area contributed by atoms with Crippen LogP contribution in [0, 0.1) is 5.92 Å². The molecular weight excluding hydrogens is 366 g/mol. The Hall–Kier alpha value is -3.41. The van der Waals surface area contributed by atoms with Gasteiger partial charge in [0.1, 0.15) is 11.4 Å². The highest BCUT2D eigenvalue weighted by Gasteiger charge is 2.33. The standard InChI is InChI=1S/C23H23N3O3/c1-29-19-11-9-18(10-12-19)22(17-7-8-17)24-23(28)20-13-14-21(27)26(25-20)15-16-5-3-2-4-6-16/h2-6,9-14,17,22H,7-8,15H2,1H3,(H,24,28). The molecule has 1 aromatic heterocycles. The van der Waals surface area contributed by atoms with Crippen molar-refractivity contribution in [3.63, 3.8) is 0 Å². The smallest absolute Gasteiger partial charge is 0.272 e. The molecule has 1 N–H and O–H groups in total. The van der Waals surface area contributed by atoms with Gasteiger partial charge >= 0.3 is 0 Å². The minimum atomic E-state index is -0.278. The number of ether oxygens (including phenoxy) is 1. The number of aromatic nitrogens is 2. The third-order valence-electron chi connectivity index (χ3n) is 5.13. The minimum absolute atomic E-state index is 0.0790. The van der Waals surface area contributed by atoms with Gasteiger partial charge in [-0.15, -0.1) is 0 Å². The summed E-state index contributed by atoms with van der Waals surface area (Å²) in [6.07, 6.45) is 2.16. The van der Waals surface area contributed by atoms with Crippen LogP contribution in [0.3, 0.4) is 0 Å². The quantitative estimate of drug-likeness (QED) is 0.674. The van der Waals surface area contributed by atoms with Crippen molar-refractivity contribution in [3.05, 3.63) is 93.9 Å². The summed E-state index contributed by atoms with van der Waals surface area (Å²) in [5, 5.41) is 7.40. The molecule has 3 aromatic rings. The summed E-state index contributed by atoms with van der Waals surface area (Å²) in [5.74, 6) is 0.923. The summed E-state index contributed by atoms with van der Waals surface area (Å²) >= 11 is 0. The largest absolute Gasteiger partial charge is 0.497 e.